The van der Waals surface area contributed by atoms with Gasteiger partial charge < -0.3 is 9.64 Å². The maximum absolute atomic E-state index is 6.35. The zero-order valence-electron chi connectivity index (χ0n) is 27.8. The summed E-state index contributed by atoms with van der Waals surface area (Å²) in [5.74, 6) is 0.752. The van der Waals surface area contributed by atoms with Crippen LogP contribution in [0.1, 0.15) is 72.6 Å². The fourth-order valence-electron chi connectivity index (χ4n) is 4.78. The average Bonchev–Trinajstić information content (AvgIpc) is 3.07. The quantitative estimate of drug-likeness (QED) is 0.210. The Kier molecular flexibility index (Phi) is 20.8. The Morgan fingerprint density at radius 3 is 1.26 bits per heavy atom. The summed E-state index contributed by atoms with van der Waals surface area (Å²) in [6.07, 6.45) is 0.0135. The topological polar surface area (TPSA) is 15.7 Å². The van der Waals surface area contributed by atoms with Crippen molar-refractivity contribution < 1.29 is 4.74 Å². The van der Waals surface area contributed by atoms with Gasteiger partial charge in [0.25, 0.3) is 0 Å². The predicted octanol–water partition coefficient (Wildman–Crippen LogP) is 9.98. The maximum Gasteiger partial charge on any atom is 0.108 e. The van der Waals surface area contributed by atoms with Crippen LogP contribution in [0.3, 0.4) is 0 Å². The van der Waals surface area contributed by atoms with E-state index in [4.69, 9.17) is 4.74 Å². The number of benzene rings is 4. The smallest absolute Gasteiger partial charge is 0.108 e. The molecule has 0 radical (unpaired) electrons. The highest BCUT2D eigenvalue weighted by molar-refractivity contribution is 5.82. The molecule has 230 valence electrons. The molecular weight excluding hydrogens is 512 g/mol. The molecule has 4 aromatic rings. The maximum atomic E-state index is 6.35. The van der Waals surface area contributed by atoms with Crippen LogP contribution in [0.25, 0.3) is 10.8 Å². The summed E-state index contributed by atoms with van der Waals surface area (Å²) in [7, 11) is 0. The second kappa shape index (κ2) is 23.6. The molecule has 3 nitrogen and oxygen atoms in total. The molecule has 0 atom stereocenters. The Balaban J connectivity index is 0.000000455. The molecule has 0 saturated carbocycles. The largest absolute Gasteiger partial charge is 0.367 e. The van der Waals surface area contributed by atoms with Crippen LogP contribution in [-0.4, -0.2) is 55.7 Å². The van der Waals surface area contributed by atoms with E-state index in [0.717, 1.165) is 32.2 Å². The number of rotatable bonds is 8. The van der Waals surface area contributed by atoms with Crippen molar-refractivity contribution in [3.05, 3.63) is 120 Å². The third kappa shape index (κ3) is 13.8. The van der Waals surface area contributed by atoms with Crippen molar-refractivity contribution in [2.75, 3.05) is 45.9 Å². The average molecular weight is 571 g/mol. The van der Waals surface area contributed by atoms with Crippen LogP contribution < -0.4 is 0 Å². The van der Waals surface area contributed by atoms with E-state index in [9.17, 15) is 0 Å². The first kappa shape index (κ1) is 37.0. The van der Waals surface area contributed by atoms with Gasteiger partial charge in [-0.2, -0.15) is 0 Å². The van der Waals surface area contributed by atoms with Gasteiger partial charge >= 0.3 is 0 Å². The van der Waals surface area contributed by atoms with Gasteiger partial charge in [0.1, 0.15) is 6.10 Å². The summed E-state index contributed by atoms with van der Waals surface area (Å²) in [5.41, 5.74) is 2.45. The molecule has 1 aliphatic rings. The minimum Gasteiger partial charge on any atom is -0.367 e. The summed E-state index contributed by atoms with van der Waals surface area (Å²) in [6, 6.07) is 37.8. The van der Waals surface area contributed by atoms with Crippen LogP contribution in [0.15, 0.2) is 109 Å². The number of ether oxygens (including phenoxy) is 1. The summed E-state index contributed by atoms with van der Waals surface area (Å²) in [4.78, 5) is 5.11. The Morgan fingerprint density at radius 1 is 0.524 bits per heavy atom. The third-order valence-electron chi connectivity index (χ3n) is 6.64. The molecule has 0 aliphatic carbocycles. The number of nitrogens with zero attached hydrogens (tertiary/aromatic N) is 2. The number of piperazine rings is 1. The van der Waals surface area contributed by atoms with Gasteiger partial charge in [-0.15, -0.1) is 0 Å². The minimum absolute atomic E-state index is 0.0135. The van der Waals surface area contributed by atoms with Crippen molar-refractivity contribution in [3.8, 4) is 0 Å². The van der Waals surface area contributed by atoms with E-state index in [2.05, 4.69) is 133 Å². The van der Waals surface area contributed by atoms with Gasteiger partial charge in [0, 0.05) is 39.3 Å². The molecule has 1 aliphatic heterocycles. The first-order valence-electron chi connectivity index (χ1n) is 16.3. The fourth-order valence-corrected chi connectivity index (χ4v) is 4.78. The third-order valence-corrected chi connectivity index (χ3v) is 6.64. The molecule has 5 rings (SSSR count). The highest BCUT2D eigenvalue weighted by Crippen LogP contribution is 2.25. The summed E-state index contributed by atoms with van der Waals surface area (Å²) in [6.45, 7) is 24.2. The lowest BCUT2D eigenvalue weighted by molar-refractivity contribution is 0.0437. The van der Waals surface area contributed by atoms with Crippen LogP contribution in [0, 0.1) is 5.92 Å². The monoisotopic (exact) mass is 570 g/mol. The van der Waals surface area contributed by atoms with Gasteiger partial charge in [-0.25, -0.2) is 0 Å². The second-order valence-electron chi connectivity index (χ2n) is 9.96. The van der Waals surface area contributed by atoms with E-state index in [1.54, 1.807) is 0 Å². The summed E-state index contributed by atoms with van der Waals surface area (Å²) < 4.78 is 6.35. The molecule has 1 fully saturated rings. The molecular formula is C39H58N2O. The van der Waals surface area contributed by atoms with Crippen LogP contribution >= 0.6 is 0 Å². The van der Waals surface area contributed by atoms with E-state index in [1.807, 2.05) is 41.5 Å². The molecule has 0 N–H and O–H groups in total. The van der Waals surface area contributed by atoms with Gasteiger partial charge in [-0.1, -0.05) is 165 Å². The van der Waals surface area contributed by atoms with E-state index >= 15 is 0 Å². The van der Waals surface area contributed by atoms with Crippen molar-refractivity contribution in [2.45, 2.75) is 61.5 Å². The van der Waals surface area contributed by atoms with Crippen molar-refractivity contribution in [1.82, 2.24) is 9.80 Å². The lowest BCUT2D eigenvalue weighted by atomic mass is 10.0. The van der Waals surface area contributed by atoms with Crippen LogP contribution in [0.4, 0.5) is 0 Å². The molecule has 0 unspecified atom stereocenters. The minimum atomic E-state index is 0.0135. The van der Waals surface area contributed by atoms with Crippen LogP contribution in [-0.2, 0) is 4.74 Å². The van der Waals surface area contributed by atoms with E-state index < -0.39 is 0 Å². The zero-order valence-corrected chi connectivity index (χ0v) is 27.8. The SMILES string of the molecule is CC.CC.CC.CC(C)CN1CCN(CCOC(c2ccccc2)c2ccccc2)CC1.c1ccc2ccccc2c1. The molecule has 4 aromatic carbocycles. The highest BCUT2D eigenvalue weighted by Gasteiger charge is 2.19. The number of fused-ring (bicyclic) bond motifs is 1. The Hall–Kier alpha value is -2.98. The Bertz CT molecular complexity index is 1030. The van der Waals surface area contributed by atoms with Crippen molar-refractivity contribution >= 4 is 10.8 Å². The van der Waals surface area contributed by atoms with E-state index in [0.29, 0.717) is 0 Å². The van der Waals surface area contributed by atoms with Gasteiger partial charge in [0.2, 0.25) is 0 Å². The molecule has 0 aromatic heterocycles. The first-order valence-corrected chi connectivity index (χ1v) is 16.3. The molecule has 1 saturated heterocycles. The lowest BCUT2D eigenvalue weighted by Gasteiger charge is -2.35. The van der Waals surface area contributed by atoms with Crippen LogP contribution in [0.5, 0.6) is 0 Å². The molecule has 0 bridgehead atoms. The van der Waals surface area contributed by atoms with E-state index in [1.165, 1.54) is 41.5 Å². The molecule has 0 amide bonds. The van der Waals surface area contributed by atoms with Crippen molar-refractivity contribution in [1.29, 1.82) is 0 Å². The zero-order chi connectivity index (χ0) is 31.0. The normalized spacial score (nSPS) is 13.0. The molecule has 3 heteroatoms. The second-order valence-corrected chi connectivity index (χ2v) is 9.96. The summed E-state index contributed by atoms with van der Waals surface area (Å²) in [5, 5.41) is 2.62. The van der Waals surface area contributed by atoms with Gasteiger partial charge in [-0.05, 0) is 27.8 Å². The van der Waals surface area contributed by atoms with Gasteiger partial charge in [-0.3, -0.25) is 4.90 Å². The molecule has 42 heavy (non-hydrogen) atoms. The Morgan fingerprint density at radius 2 is 0.881 bits per heavy atom. The molecule has 0 spiro atoms. The standard InChI is InChI=1S/C23H32N2O.C10H8.3C2H6/c1-20(2)19-25-15-13-24(14-16-25)17-18-26-23(21-9-5-3-6-10-21)22-11-7-4-8-12-22;1-2-6-10-8-4-3-7-9(10)5-1;3*1-2/h3-12,20,23H,13-19H2,1-2H3;1-8H;3*1-2H3. The van der Waals surface area contributed by atoms with Gasteiger partial charge in [0.15, 0.2) is 0 Å². The van der Waals surface area contributed by atoms with E-state index in [-0.39, 0.29) is 6.10 Å². The fraction of sp³-hybridized carbons (Fsp3) is 0.436. The lowest BCUT2D eigenvalue weighted by Crippen LogP contribution is -2.48. The first-order chi connectivity index (χ1) is 20.7. The predicted molar refractivity (Wildman–Crippen MR) is 186 cm³/mol. The summed E-state index contributed by atoms with van der Waals surface area (Å²) >= 11 is 0. The number of hydrogen-bond acceptors (Lipinski definition) is 3. The Labute approximate surface area is 258 Å². The van der Waals surface area contributed by atoms with Crippen molar-refractivity contribution in [3.63, 3.8) is 0 Å². The van der Waals surface area contributed by atoms with Crippen molar-refractivity contribution in [2.24, 2.45) is 5.92 Å². The van der Waals surface area contributed by atoms with Crippen LogP contribution in [0.2, 0.25) is 0 Å². The molecule has 1 heterocycles. The number of hydrogen-bond donors (Lipinski definition) is 0. The highest BCUT2D eigenvalue weighted by atomic mass is 16.5. The van der Waals surface area contributed by atoms with Gasteiger partial charge in [0.05, 0.1) is 6.61 Å².